The van der Waals surface area contributed by atoms with Gasteiger partial charge in [-0.3, -0.25) is 9.69 Å². The third kappa shape index (κ3) is 2.16. The largest absolute Gasteiger partial charge is 0.279 e. The molecule has 0 aromatic heterocycles. The number of nitrogens with zero attached hydrogens (tertiary/aromatic N) is 1. The number of benzene rings is 2. The summed E-state index contributed by atoms with van der Waals surface area (Å²) in [5, 5.41) is 0. The minimum Gasteiger partial charge on any atom is -0.279 e. The maximum atomic E-state index is 13.0. The van der Waals surface area contributed by atoms with Crippen molar-refractivity contribution in [2.75, 3.05) is 4.90 Å². The van der Waals surface area contributed by atoms with Crippen LogP contribution in [0.1, 0.15) is 25.7 Å². The van der Waals surface area contributed by atoms with E-state index in [1.54, 1.807) is 11.8 Å². The Balaban J connectivity index is 1.83. The summed E-state index contributed by atoms with van der Waals surface area (Å²) in [5.74, 6) is 0.460. The maximum absolute atomic E-state index is 13.0. The van der Waals surface area contributed by atoms with E-state index in [4.69, 9.17) is 0 Å². The Bertz CT molecular complexity index is 646. The highest BCUT2D eigenvalue weighted by atomic mass is 32.2. The first-order chi connectivity index (χ1) is 10.3. The first kappa shape index (κ1) is 13.0. The van der Waals surface area contributed by atoms with Crippen LogP contribution >= 0.6 is 11.8 Å². The van der Waals surface area contributed by atoms with Gasteiger partial charge in [-0.05, 0) is 37.1 Å². The summed E-state index contributed by atoms with van der Waals surface area (Å²) in [6, 6.07) is 16.4. The lowest BCUT2D eigenvalue weighted by Gasteiger charge is -2.32. The second kappa shape index (κ2) is 5.23. The molecule has 0 spiro atoms. The zero-order valence-corrected chi connectivity index (χ0v) is 12.6. The van der Waals surface area contributed by atoms with Crippen LogP contribution in [0.5, 0.6) is 0 Å². The van der Waals surface area contributed by atoms with Gasteiger partial charge < -0.3 is 0 Å². The van der Waals surface area contributed by atoms with E-state index >= 15 is 0 Å². The molecule has 21 heavy (non-hydrogen) atoms. The minimum absolute atomic E-state index is 0.189. The molecule has 0 bridgehead atoms. The summed E-state index contributed by atoms with van der Waals surface area (Å²) in [5.41, 5.74) is 2.08. The quantitative estimate of drug-likeness (QED) is 0.737. The summed E-state index contributed by atoms with van der Waals surface area (Å²) in [7, 11) is 0. The lowest BCUT2D eigenvalue weighted by Crippen LogP contribution is -2.33. The fourth-order valence-corrected chi connectivity index (χ4v) is 4.36. The first-order valence-corrected chi connectivity index (χ1v) is 8.36. The average Bonchev–Trinajstić information content (AvgIpc) is 3.06. The van der Waals surface area contributed by atoms with Crippen molar-refractivity contribution in [3.05, 3.63) is 48.5 Å². The van der Waals surface area contributed by atoms with Crippen molar-refractivity contribution in [3.8, 4) is 0 Å². The molecule has 1 fully saturated rings. The normalized spacial score (nSPS) is 17.4. The van der Waals surface area contributed by atoms with Crippen molar-refractivity contribution >= 4 is 29.0 Å². The summed E-state index contributed by atoms with van der Waals surface area (Å²) < 4.78 is 0. The minimum atomic E-state index is 0.189. The number of carbonyl (C=O) groups excluding carboxylic acids is 1. The predicted octanol–water partition coefficient (Wildman–Crippen LogP) is 5.01. The van der Waals surface area contributed by atoms with E-state index in [1.807, 2.05) is 29.2 Å². The second-order valence-electron chi connectivity index (χ2n) is 5.69. The van der Waals surface area contributed by atoms with Crippen LogP contribution in [0.15, 0.2) is 58.3 Å². The van der Waals surface area contributed by atoms with Gasteiger partial charge in [-0.15, -0.1) is 0 Å². The number of para-hydroxylation sites is 2. The highest BCUT2D eigenvalue weighted by molar-refractivity contribution is 7.99. The molecule has 0 radical (unpaired) electrons. The van der Waals surface area contributed by atoms with Crippen LogP contribution in [0.2, 0.25) is 0 Å². The SMILES string of the molecule is O=C(C1CCCC1)N1c2ccccc2Sc2ccccc21. The molecule has 2 aromatic carbocycles. The van der Waals surface area contributed by atoms with Crippen molar-refractivity contribution in [1.82, 2.24) is 0 Å². The Morgan fingerprint density at radius 2 is 1.43 bits per heavy atom. The van der Waals surface area contributed by atoms with Crippen LogP contribution in [0, 0.1) is 5.92 Å². The molecule has 4 rings (SSSR count). The Morgan fingerprint density at radius 1 is 0.905 bits per heavy atom. The number of carbonyl (C=O) groups is 1. The molecular formula is C18H17NOS. The summed E-state index contributed by atoms with van der Waals surface area (Å²) in [6.07, 6.45) is 4.43. The average molecular weight is 295 g/mol. The Hall–Kier alpha value is -1.74. The smallest absolute Gasteiger partial charge is 0.234 e. The Kier molecular flexibility index (Phi) is 3.23. The maximum Gasteiger partial charge on any atom is 0.234 e. The van der Waals surface area contributed by atoms with Crippen molar-refractivity contribution in [3.63, 3.8) is 0 Å². The van der Waals surface area contributed by atoms with E-state index in [0.717, 1.165) is 24.2 Å². The van der Waals surface area contributed by atoms with Crippen LogP contribution in [-0.2, 0) is 4.79 Å². The fraction of sp³-hybridized carbons (Fsp3) is 0.278. The number of anilines is 2. The predicted molar refractivity (Wildman–Crippen MR) is 86.1 cm³/mol. The molecule has 0 unspecified atom stereocenters. The number of hydrogen-bond acceptors (Lipinski definition) is 2. The fourth-order valence-electron chi connectivity index (χ4n) is 3.30. The molecule has 2 aromatic rings. The highest BCUT2D eigenvalue weighted by Crippen LogP contribution is 2.49. The summed E-state index contributed by atoms with van der Waals surface area (Å²) in [6.45, 7) is 0. The van der Waals surface area contributed by atoms with Gasteiger partial charge in [-0.25, -0.2) is 0 Å². The van der Waals surface area contributed by atoms with E-state index < -0.39 is 0 Å². The van der Waals surface area contributed by atoms with Gasteiger partial charge >= 0.3 is 0 Å². The number of amides is 1. The third-order valence-corrected chi connectivity index (χ3v) is 5.49. The topological polar surface area (TPSA) is 20.3 Å². The van der Waals surface area contributed by atoms with Crippen LogP contribution in [0.25, 0.3) is 0 Å². The highest BCUT2D eigenvalue weighted by Gasteiger charge is 2.33. The zero-order chi connectivity index (χ0) is 14.2. The molecule has 0 N–H and O–H groups in total. The summed E-state index contributed by atoms with van der Waals surface area (Å²) in [4.78, 5) is 17.3. The van der Waals surface area contributed by atoms with Crippen LogP contribution in [-0.4, -0.2) is 5.91 Å². The molecule has 106 valence electrons. The second-order valence-corrected chi connectivity index (χ2v) is 6.78. The molecule has 3 heteroatoms. The molecular weight excluding hydrogens is 278 g/mol. The van der Waals surface area contributed by atoms with E-state index in [-0.39, 0.29) is 11.8 Å². The monoisotopic (exact) mass is 295 g/mol. The molecule has 0 atom stereocenters. The van der Waals surface area contributed by atoms with E-state index in [9.17, 15) is 4.79 Å². The van der Waals surface area contributed by atoms with Crippen molar-refractivity contribution in [2.45, 2.75) is 35.5 Å². The van der Waals surface area contributed by atoms with E-state index in [2.05, 4.69) is 24.3 Å². The van der Waals surface area contributed by atoms with Gasteiger partial charge in [0.25, 0.3) is 0 Å². The standard InChI is InChI=1S/C18H17NOS/c20-18(13-7-1-2-8-13)19-14-9-3-5-11-16(14)21-17-12-6-4-10-15(17)19/h3-6,9-13H,1-2,7-8H2. The van der Waals surface area contributed by atoms with Crippen LogP contribution in [0.3, 0.4) is 0 Å². The van der Waals surface area contributed by atoms with Gasteiger partial charge in [0, 0.05) is 15.7 Å². The van der Waals surface area contributed by atoms with Gasteiger partial charge in [-0.1, -0.05) is 48.9 Å². The first-order valence-electron chi connectivity index (χ1n) is 7.54. The lowest BCUT2D eigenvalue weighted by atomic mass is 10.1. The van der Waals surface area contributed by atoms with Gasteiger partial charge in [0.15, 0.2) is 0 Å². The lowest BCUT2D eigenvalue weighted by molar-refractivity contribution is -0.121. The van der Waals surface area contributed by atoms with Gasteiger partial charge in [-0.2, -0.15) is 0 Å². The number of fused-ring (bicyclic) bond motifs is 2. The Labute approximate surface area is 129 Å². The molecule has 1 heterocycles. The Morgan fingerprint density at radius 3 is 2.00 bits per heavy atom. The summed E-state index contributed by atoms with van der Waals surface area (Å²) >= 11 is 1.75. The molecule has 1 aliphatic heterocycles. The van der Waals surface area contributed by atoms with Gasteiger partial charge in [0.2, 0.25) is 5.91 Å². The molecule has 1 aliphatic carbocycles. The van der Waals surface area contributed by atoms with Crippen LogP contribution in [0.4, 0.5) is 11.4 Å². The molecule has 1 saturated carbocycles. The van der Waals surface area contributed by atoms with Crippen molar-refractivity contribution < 1.29 is 4.79 Å². The van der Waals surface area contributed by atoms with E-state index in [1.165, 1.54) is 22.6 Å². The zero-order valence-electron chi connectivity index (χ0n) is 11.8. The van der Waals surface area contributed by atoms with E-state index in [0.29, 0.717) is 0 Å². The molecule has 0 saturated heterocycles. The molecule has 1 amide bonds. The van der Waals surface area contributed by atoms with Gasteiger partial charge in [0.1, 0.15) is 0 Å². The number of rotatable bonds is 1. The number of hydrogen-bond donors (Lipinski definition) is 0. The van der Waals surface area contributed by atoms with Gasteiger partial charge in [0.05, 0.1) is 11.4 Å². The van der Waals surface area contributed by atoms with Crippen molar-refractivity contribution in [2.24, 2.45) is 5.92 Å². The third-order valence-electron chi connectivity index (χ3n) is 4.36. The van der Waals surface area contributed by atoms with Crippen LogP contribution < -0.4 is 4.90 Å². The molecule has 2 nitrogen and oxygen atoms in total. The van der Waals surface area contributed by atoms with Crippen molar-refractivity contribution in [1.29, 1.82) is 0 Å². The molecule has 2 aliphatic rings.